The number of thioether (sulfide) groups is 1. The molecule has 1 aromatic carbocycles. The van der Waals surface area contributed by atoms with E-state index in [1.807, 2.05) is 51.1 Å². The number of hydrogen-bond acceptors (Lipinski definition) is 5. The van der Waals surface area contributed by atoms with Crippen LogP contribution < -0.4 is 5.32 Å². The number of ether oxygens (including phenoxy) is 2. The van der Waals surface area contributed by atoms with Gasteiger partial charge in [-0.25, -0.2) is 4.79 Å². The Labute approximate surface area is 231 Å². The van der Waals surface area contributed by atoms with Crippen molar-refractivity contribution in [3.8, 4) is 0 Å². The standard InChI is InChI=1S/C31H53NO4S/c1-25(2)19-15-12-10-8-7-9-11-13-18-22-29(35-23-27-20-16-14-17-21-27)28(24-37-26(3)33)32-30(34)36-31(4,5)6/h14,16-17,20-21,25,28-29H,7-13,15,18-19,22-24H2,1-6H3,(H,32,34)/t28-,29+/m0/s1. The van der Waals surface area contributed by atoms with Crippen molar-refractivity contribution in [3.63, 3.8) is 0 Å². The highest BCUT2D eigenvalue weighted by atomic mass is 32.2. The second kappa shape index (κ2) is 19.5. The predicted octanol–water partition coefficient (Wildman–Crippen LogP) is 8.69. The van der Waals surface area contributed by atoms with Crippen LogP contribution in [0.2, 0.25) is 0 Å². The lowest BCUT2D eigenvalue weighted by atomic mass is 10.0. The fourth-order valence-corrected chi connectivity index (χ4v) is 4.93. The molecular formula is C31H53NO4S. The third-order valence-corrected chi connectivity index (χ3v) is 7.13. The third-order valence-electron chi connectivity index (χ3n) is 6.19. The summed E-state index contributed by atoms with van der Waals surface area (Å²) in [6.45, 7) is 12.2. The minimum Gasteiger partial charge on any atom is -0.444 e. The zero-order valence-corrected chi connectivity index (χ0v) is 25.2. The van der Waals surface area contributed by atoms with E-state index < -0.39 is 11.7 Å². The van der Waals surface area contributed by atoms with Crippen molar-refractivity contribution in [2.45, 2.75) is 137 Å². The fraction of sp³-hybridized carbons (Fsp3) is 0.742. The summed E-state index contributed by atoms with van der Waals surface area (Å²) in [5, 5.41) is 3.03. The molecule has 1 aromatic rings. The van der Waals surface area contributed by atoms with Crippen molar-refractivity contribution >= 4 is 23.0 Å². The number of amides is 1. The minimum atomic E-state index is -0.586. The van der Waals surface area contributed by atoms with E-state index in [1.54, 1.807) is 6.92 Å². The van der Waals surface area contributed by atoms with Gasteiger partial charge in [-0.05, 0) is 38.7 Å². The minimum absolute atomic E-state index is 0.0296. The van der Waals surface area contributed by atoms with Crippen LogP contribution in [-0.2, 0) is 20.9 Å². The Morgan fingerprint density at radius 2 is 1.41 bits per heavy atom. The number of unbranched alkanes of at least 4 members (excludes halogenated alkanes) is 8. The summed E-state index contributed by atoms with van der Waals surface area (Å²) < 4.78 is 11.9. The molecule has 0 aliphatic carbocycles. The van der Waals surface area contributed by atoms with Gasteiger partial charge in [0, 0.05) is 12.7 Å². The van der Waals surface area contributed by atoms with E-state index in [-0.39, 0.29) is 17.3 Å². The molecule has 1 rings (SSSR count). The molecule has 0 aliphatic rings. The molecule has 6 heteroatoms. The number of carbonyl (C=O) groups is 2. The zero-order chi connectivity index (χ0) is 27.5. The van der Waals surface area contributed by atoms with E-state index in [9.17, 15) is 9.59 Å². The highest BCUT2D eigenvalue weighted by molar-refractivity contribution is 8.13. The van der Waals surface area contributed by atoms with Gasteiger partial charge in [0.15, 0.2) is 5.12 Å². The molecular weight excluding hydrogens is 482 g/mol. The molecule has 212 valence electrons. The van der Waals surface area contributed by atoms with Gasteiger partial charge >= 0.3 is 6.09 Å². The van der Waals surface area contributed by atoms with Crippen molar-refractivity contribution in [1.29, 1.82) is 0 Å². The van der Waals surface area contributed by atoms with Gasteiger partial charge in [-0.2, -0.15) is 0 Å². The van der Waals surface area contributed by atoms with Crippen LogP contribution in [0.3, 0.4) is 0 Å². The lowest BCUT2D eigenvalue weighted by Gasteiger charge is -2.29. The van der Waals surface area contributed by atoms with Gasteiger partial charge in [0.25, 0.3) is 0 Å². The summed E-state index contributed by atoms with van der Waals surface area (Å²) in [6.07, 6.45) is 12.9. The largest absolute Gasteiger partial charge is 0.444 e. The number of benzene rings is 1. The number of carbonyl (C=O) groups excluding carboxylic acids is 2. The van der Waals surface area contributed by atoms with Crippen LogP contribution in [0.5, 0.6) is 0 Å². The van der Waals surface area contributed by atoms with E-state index in [0.717, 1.165) is 30.7 Å². The monoisotopic (exact) mass is 535 g/mol. The molecule has 37 heavy (non-hydrogen) atoms. The number of alkyl carbamates (subject to hydrolysis) is 1. The Kier molecular flexibility index (Phi) is 17.7. The second-order valence-electron chi connectivity index (χ2n) is 11.5. The smallest absolute Gasteiger partial charge is 0.407 e. The average molecular weight is 536 g/mol. The lowest BCUT2D eigenvalue weighted by Crippen LogP contribution is -2.48. The van der Waals surface area contributed by atoms with Gasteiger partial charge < -0.3 is 14.8 Å². The van der Waals surface area contributed by atoms with Crippen LogP contribution in [-0.4, -0.2) is 34.7 Å². The Hall–Kier alpha value is -1.53. The molecule has 0 aliphatic heterocycles. The Morgan fingerprint density at radius 1 is 0.865 bits per heavy atom. The molecule has 1 N–H and O–H groups in total. The van der Waals surface area contributed by atoms with Crippen molar-refractivity contribution in [2.75, 3.05) is 5.75 Å². The van der Waals surface area contributed by atoms with Crippen LogP contribution in [0, 0.1) is 5.92 Å². The van der Waals surface area contributed by atoms with Crippen LogP contribution in [0.1, 0.15) is 118 Å². The lowest BCUT2D eigenvalue weighted by molar-refractivity contribution is -0.109. The summed E-state index contributed by atoms with van der Waals surface area (Å²) in [6, 6.07) is 9.77. The first kappa shape index (κ1) is 33.5. The Morgan fingerprint density at radius 3 is 1.92 bits per heavy atom. The fourth-order valence-electron chi connectivity index (χ4n) is 4.22. The van der Waals surface area contributed by atoms with Gasteiger partial charge in [0.05, 0.1) is 18.8 Å². The van der Waals surface area contributed by atoms with E-state index in [1.165, 1.54) is 63.1 Å². The molecule has 0 heterocycles. The Bertz CT molecular complexity index is 732. The molecule has 0 radical (unpaired) electrons. The maximum Gasteiger partial charge on any atom is 0.407 e. The molecule has 0 spiro atoms. The normalized spacial score (nSPS) is 13.4. The second-order valence-corrected chi connectivity index (χ2v) is 12.7. The quantitative estimate of drug-likeness (QED) is 0.179. The number of rotatable bonds is 19. The van der Waals surface area contributed by atoms with Gasteiger partial charge in [-0.15, -0.1) is 0 Å². The molecule has 1 amide bonds. The third kappa shape index (κ3) is 19.2. The molecule has 2 atom stereocenters. The number of nitrogens with one attached hydrogen (secondary N) is 1. The predicted molar refractivity (Wildman–Crippen MR) is 157 cm³/mol. The van der Waals surface area contributed by atoms with Crippen molar-refractivity contribution < 1.29 is 19.1 Å². The van der Waals surface area contributed by atoms with Crippen LogP contribution in [0.4, 0.5) is 4.79 Å². The van der Waals surface area contributed by atoms with Crippen LogP contribution in [0.15, 0.2) is 30.3 Å². The Balaban J connectivity index is 2.59. The first-order valence-corrected chi connectivity index (χ1v) is 15.3. The van der Waals surface area contributed by atoms with Crippen LogP contribution >= 0.6 is 11.8 Å². The summed E-state index contributed by atoms with van der Waals surface area (Å²) in [5.74, 6) is 1.28. The van der Waals surface area contributed by atoms with Crippen molar-refractivity contribution in [2.24, 2.45) is 5.92 Å². The summed E-state index contributed by atoms with van der Waals surface area (Å²) in [4.78, 5) is 24.3. The highest BCUT2D eigenvalue weighted by Crippen LogP contribution is 2.20. The summed E-state index contributed by atoms with van der Waals surface area (Å²) in [5.41, 5.74) is 0.508. The van der Waals surface area contributed by atoms with E-state index in [4.69, 9.17) is 9.47 Å². The maximum atomic E-state index is 12.6. The molecule has 0 saturated heterocycles. The molecule has 0 bridgehead atoms. The zero-order valence-electron chi connectivity index (χ0n) is 24.4. The topological polar surface area (TPSA) is 64.6 Å². The highest BCUT2D eigenvalue weighted by Gasteiger charge is 2.27. The van der Waals surface area contributed by atoms with E-state index in [2.05, 4.69) is 19.2 Å². The molecule has 5 nitrogen and oxygen atoms in total. The van der Waals surface area contributed by atoms with Crippen molar-refractivity contribution in [3.05, 3.63) is 35.9 Å². The molecule has 0 saturated carbocycles. The van der Waals surface area contributed by atoms with E-state index in [0.29, 0.717) is 12.4 Å². The van der Waals surface area contributed by atoms with Crippen molar-refractivity contribution in [1.82, 2.24) is 5.32 Å². The van der Waals surface area contributed by atoms with Gasteiger partial charge in [-0.3, -0.25) is 4.79 Å². The number of hydrogen-bond donors (Lipinski definition) is 1. The average Bonchev–Trinajstić information content (AvgIpc) is 2.81. The molecule has 0 unspecified atom stereocenters. The first-order valence-electron chi connectivity index (χ1n) is 14.3. The maximum absolute atomic E-state index is 12.6. The molecule has 0 aromatic heterocycles. The SMILES string of the molecule is CC(=O)SC[C@H](NC(=O)OC(C)(C)C)[C@@H](CCCCCCCCCCCC(C)C)OCc1ccccc1. The van der Waals surface area contributed by atoms with Crippen LogP contribution in [0.25, 0.3) is 0 Å². The first-order chi connectivity index (χ1) is 17.6. The summed E-state index contributed by atoms with van der Waals surface area (Å²) >= 11 is 1.22. The van der Waals surface area contributed by atoms with E-state index >= 15 is 0 Å². The summed E-state index contributed by atoms with van der Waals surface area (Å²) in [7, 11) is 0. The molecule has 0 fully saturated rings. The van der Waals surface area contributed by atoms with Gasteiger partial charge in [0.1, 0.15) is 5.60 Å². The van der Waals surface area contributed by atoms with Gasteiger partial charge in [-0.1, -0.05) is 120 Å². The van der Waals surface area contributed by atoms with Gasteiger partial charge in [0.2, 0.25) is 0 Å².